The molecule has 1 N–H and O–H groups in total. The third kappa shape index (κ3) is 5.14. The lowest BCUT2D eigenvalue weighted by molar-refractivity contribution is -0.116. The van der Waals surface area contributed by atoms with Crippen molar-refractivity contribution in [2.24, 2.45) is 28.7 Å². The van der Waals surface area contributed by atoms with Crippen LogP contribution in [0.3, 0.4) is 0 Å². The molecule has 1 aliphatic heterocycles. The number of aliphatic imine (C=N–C) groups is 1. The fraction of sp³-hybridized carbons (Fsp3) is 0.692. The average molecular weight is 476 g/mol. The van der Waals surface area contributed by atoms with E-state index in [1.165, 1.54) is 55.7 Å². The SMILES string of the molecule is CCCCc1ccc(NC(=O)CC2CSC(=NC3C4CC5CC(C4)CC3C5)N2C)cc1.Cl. The maximum atomic E-state index is 12.7. The number of nitrogens with one attached hydrogen (secondary N) is 1. The molecule has 1 heterocycles. The Kier molecular flexibility index (Phi) is 7.77. The van der Waals surface area contributed by atoms with E-state index in [0.29, 0.717) is 12.5 Å². The molecule has 1 atom stereocenters. The summed E-state index contributed by atoms with van der Waals surface area (Å²) in [4.78, 5) is 20.3. The summed E-state index contributed by atoms with van der Waals surface area (Å²) in [5, 5.41) is 4.27. The third-order valence-corrected chi connectivity index (χ3v) is 9.37. The molecule has 6 heteroatoms. The molecular weight excluding hydrogens is 438 g/mol. The zero-order chi connectivity index (χ0) is 21.4. The molecule has 176 valence electrons. The van der Waals surface area contributed by atoms with Gasteiger partial charge in [-0.05, 0) is 86.3 Å². The molecule has 5 fully saturated rings. The van der Waals surface area contributed by atoms with Crippen LogP contribution in [0.4, 0.5) is 5.69 Å². The number of carbonyl (C=O) groups is 1. The largest absolute Gasteiger partial charge is 0.350 e. The van der Waals surface area contributed by atoms with Gasteiger partial charge < -0.3 is 10.2 Å². The van der Waals surface area contributed by atoms with Gasteiger partial charge in [-0.1, -0.05) is 37.2 Å². The summed E-state index contributed by atoms with van der Waals surface area (Å²) >= 11 is 1.86. The Labute approximate surface area is 203 Å². The van der Waals surface area contributed by atoms with Crippen LogP contribution in [0.25, 0.3) is 0 Å². The second kappa shape index (κ2) is 10.4. The van der Waals surface area contributed by atoms with Crippen LogP contribution in [0, 0.1) is 23.7 Å². The second-order valence-electron chi connectivity index (χ2n) is 10.5. The minimum absolute atomic E-state index is 0. The minimum atomic E-state index is 0. The minimum Gasteiger partial charge on any atom is -0.350 e. The molecule has 5 aliphatic rings. The molecule has 1 unspecified atom stereocenters. The van der Waals surface area contributed by atoms with E-state index in [9.17, 15) is 4.79 Å². The number of aryl methyl sites for hydroxylation is 1. The predicted octanol–water partition coefficient (Wildman–Crippen LogP) is 6.01. The number of hydrogen-bond acceptors (Lipinski definition) is 3. The van der Waals surface area contributed by atoms with E-state index >= 15 is 0 Å². The van der Waals surface area contributed by atoms with E-state index in [-0.39, 0.29) is 24.4 Å². The molecule has 1 aromatic carbocycles. The normalized spacial score (nSPS) is 34.1. The molecule has 6 rings (SSSR count). The molecule has 4 nitrogen and oxygen atoms in total. The first-order chi connectivity index (χ1) is 15.1. The van der Waals surface area contributed by atoms with Crippen molar-refractivity contribution in [3.63, 3.8) is 0 Å². The van der Waals surface area contributed by atoms with Gasteiger partial charge in [0.1, 0.15) is 0 Å². The number of hydrogen-bond donors (Lipinski definition) is 1. The summed E-state index contributed by atoms with van der Waals surface area (Å²) in [6.45, 7) is 2.21. The summed E-state index contributed by atoms with van der Waals surface area (Å²) < 4.78 is 0. The first-order valence-electron chi connectivity index (χ1n) is 12.4. The first-order valence-corrected chi connectivity index (χ1v) is 13.4. The van der Waals surface area contributed by atoms with Gasteiger partial charge in [-0.2, -0.15) is 0 Å². The van der Waals surface area contributed by atoms with Crippen molar-refractivity contribution in [1.29, 1.82) is 0 Å². The molecule has 0 radical (unpaired) electrons. The zero-order valence-corrected chi connectivity index (χ0v) is 21.1. The second-order valence-corrected chi connectivity index (χ2v) is 11.4. The molecule has 32 heavy (non-hydrogen) atoms. The summed E-state index contributed by atoms with van der Waals surface area (Å²) in [6, 6.07) is 9.13. The van der Waals surface area contributed by atoms with Gasteiger partial charge in [-0.3, -0.25) is 9.79 Å². The quantitative estimate of drug-likeness (QED) is 0.525. The molecule has 4 bridgehead atoms. The van der Waals surface area contributed by atoms with Gasteiger partial charge in [0, 0.05) is 31.0 Å². The first kappa shape index (κ1) is 23.9. The molecule has 4 saturated carbocycles. The average Bonchev–Trinajstić information content (AvgIpc) is 3.08. The Bertz CT molecular complexity index is 799. The van der Waals surface area contributed by atoms with Crippen LogP contribution in [-0.2, 0) is 11.2 Å². The summed E-state index contributed by atoms with van der Waals surface area (Å²) in [6.07, 6.45) is 11.2. The predicted molar refractivity (Wildman–Crippen MR) is 138 cm³/mol. The molecular formula is C26H38ClN3OS. The van der Waals surface area contributed by atoms with Crippen molar-refractivity contribution in [2.45, 2.75) is 76.8 Å². The molecule has 1 amide bonds. The maximum absolute atomic E-state index is 12.7. The lowest BCUT2D eigenvalue weighted by atomic mass is 9.54. The molecule has 0 spiro atoms. The van der Waals surface area contributed by atoms with Crippen LogP contribution in [0.1, 0.15) is 63.9 Å². The van der Waals surface area contributed by atoms with Crippen molar-refractivity contribution in [3.8, 4) is 0 Å². The lowest BCUT2D eigenvalue weighted by Gasteiger charge is -2.53. The van der Waals surface area contributed by atoms with Gasteiger partial charge in [0.2, 0.25) is 5.91 Å². The van der Waals surface area contributed by atoms with Crippen LogP contribution >= 0.6 is 24.2 Å². The van der Waals surface area contributed by atoms with Crippen LogP contribution in [0.2, 0.25) is 0 Å². The van der Waals surface area contributed by atoms with Gasteiger partial charge in [-0.25, -0.2) is 0 Å². The van der Waals surface area contributed by atoms with Gasteiger partial charge in [-0.15, -0.1) is 12.4 Å². The number of carbonyl (C=O) groups excluding carboxylic acids is 1. The Morgan fingerprint density at radius 1 is 1.09 bits per heavy atom. The Morgan fingerprint density at radius 2 is 1.75 bits per heavy atom. The number of halogens is 1. The Balaban J connectivity index is 0.00000245. The van der Waals surface area contributed by atoms with Crippen molar-refractivity contribution >= 4 is 40.9 Å². The highest BCUT2D eigenvalue weighted by Gasteiger charge is 2.48. The van der Waals surface area contributed by atoms with Crippen molar-refractivity contribution in [1.82, 2.24) is 4.90 Å². The highest BCUT2D eigenvalue weighted by atomic mass is 35.5. The van der Waals surface area contributed by atoms with E-state index in [1.54, 1.807) is 0 Å². The maximum Gasteiger partial charge on any atom is 0.226 e. The molecule has 1 saturated heterocycles. The number of anilines is 1. The van der Waals surface area contributed by atoms with Crippen LogP contribution in [-0.4, -0.2) is 40.9 Å². The highest BCUT2D eigenvalue weighted by molar-refractivity contribution is 8.14. The van der Waals surface area contributed by atoms with E-state index in [0.717, 1.165) is 41.5 Å². The van der Waals surface area contributed by atoms with Gasteiger partial charge in [0.15, 0.2) is 5.17 Å². The number of unbranched alkanes of at least 4 members (excludes halogenated alkanes) is 1. The fourth-order valence-corrected chi connectivity index (χ4v) is 7.89. The number of rotatable bonds is 7. The standard InChI is InChI=1S/C26H37N3OS.ClH/c1-3-4-5-17-6-8-22(9-7-17)27-24(30)15-23-16-31-26(29(23)2)28-25-20-11-18-10-19(13-20)14-21(25)12-18;/h6-9,18-21,23,25H,3-5,10-16H2,1-2H3,(H,27,30);1H. The Hall–Kier alpha value is -1.20. The fourth-order valence-electron chi connectivity index (χ4n) is 6.66. The summed E-state index contributed by atoms with van der Waals surface area (Å²) in [7, 11) is 2.13. The highest BCUT2D eigenvalue weighted by Crippen LogP contribution is 2.55. The zero-order valence-electron chi connectivity index (χ0n) is 19.5. The lowest BCUT2D eigenvalue weighted by Crippen LogP contribution is -2.48. The topological polar surface area (TPSA) is 44.7 Å². The van der Waals surface area contributed by atoms with E-state index in [4.69, 9.17) is 4.99 Å². The summed E-state index contributed by atoms with van der Waals surface area (Å²) in [5.74, 6) is 4.69. The van der Waals surface area contributed by atoms with Crippen LogP contribution in [0.15, 0.2) is 29.3 Å². The number of nitrogens with zero attached hydrogens (tertiary/aromatic N) is 2. The molecule has 1 aromatic rings. The van der Waals surface area contributed by atoms with Crippen molar-refractivity contribution < 1.29 is 4.79 Å². The van der Waals surface area contributed by atoms with Crippen molar-refractivity contribution in [2.75, 3.05) is 18.1 Å². The number of amidine groups is 1. The van der Waals surface area contributed by atoms with Gasteiger partial charge >= 0.3 is 0 Å². The number of amides is 1. The summed E-state index contributed by atoms with van der Waals surface area (Å²) in [5.41, 5.74) is 2.25. The Morgan fingerprint density at radius 3 is 2.38 bits per heavy atom. The number of benzene rings is 1. The third-order valence-electron chi connectivity index (χ3n) is 8.17. The number of thioether (sulfide) groups is 1. The van der Waals surface area contributed by atoms with Crippen LogP contribution < -0.4 is 5.32 Å². The smallest absolute Gasteiger partial charge is 0.226 e. The van der Waals surface area contributed by atoms with Gasteiger partial charge in [0.05, 0.1) is 6.04 Å². The molecule has 4 aliphatic carbocycles. The monoisotopic (exact) mass is 475 g/mol. The van der Waals surface area contributed by atoms with Crippen molar-refractivity contribution in [3.05, 3.63) is 29.8 Å². The molecule has 0 aromatic heterocycles. The van der Waals surface area contributed by atoms with Gasteiger partial charge in [0.25, 0.3) is 0 Å². The van der Waals surface area contributed by atoms with E-state index < -0.39 is 0 Å². The van der Waals surface area contributed by atoms with Crippen LogP contribution in [0.5, 0.6) is 0 Å². The van der Waals surface area contributed by atoms with E-state index in [2.05, 4.69) is 36.3 Å². The van der Waals surface area contributed by atoms with E-state index in [1.807, 2.05) is 23.9 Å².